The lowest BCUT2D eigenvalue weighted by atomic mass is 9.91. The number of rotatable bonds is 9. The van der Waals surface area contributed by atoms with Crippen molar-refractivity contribution >= 4 is 45.2 Å². The number of imide groups is 1. The normalized spacial score (nSPS) is 20.4. The third-order valence-electron chi connectivity index (χ3n) is 12.5. The van der Waals surface area contributed by atoms with E-state index in [-0.39, 0.29) is 43.1 Å². The number of benzene rings is 2. The monoisotopic (exact) mass is 829 g/mol. The van der Waals surface area contributed by atoms with Crippen molar-refractivity contribution in [1.29, 1.82) is 0 Å². The second-order valence-electron chi connectivity index (χ2n) is 17.2. The maximum absolute atomic E-state index is 13.1. The van der Waals surface area contributed by atoms with Gasteiger partial charge >= 0.3 is 0 Å². The number of hydrogen-bond acceptors (Lipinski definition) is 10. The fourth-order valence-corrected chi connectivity index (χ4v) is 9.11. The lowest BCUT2D eigenvalue weighted by molar-refractivity contribution is -0.136. The molecule has 10 rings (SSSR count). The molecule has 2 aromatic carbocycles. The Morgan fingerprint density at radius 1 is 0.806 bits per heavy atom. The molecule has 3 aliphatic heterocycles. The number of ether oxygens (including phenoxy) is 3. The number of piperidine rings is 2. The highest BCUT2D eigenvalue weighted by Crippen LogP contribution is 2.35. The van der Waals surface area contributed by atoms with Crippen LogP contribution >= 0.6 is 0 Å². The van der Waals surface area contributed by atoms with Crippen LogP contribution in [0.1, 0.15) is 74.0 Å². The zero-order valence-corrected chi connectivity index (χ0v) is 35.0. The highest BCUT2D eigenvalue weighted by Gasteiger charge is 2.39. The molecule has 314 valence electrons. The molecule has 4 aromatic heterocycles. The molecule has 62 heavy (non-hydrogen) atoms. The quantitative estimate of drug-likeness (QED) is 0.123. The number of fused-ring (bicyclic) bond motifs is 4. The van der Waals surface area contributed by atoms with Crippen LogP contribution in [0.4, 0.5) is 5.69 Å². The smallest absolute Gasteiger partial charge is 0.255 e. The average molecular weight is 830 g/mol. The highest BCUT2D eigenvalue weighted by atomic mass is 16.5. The van der Waals surface area contributed by atoms with E-state index in [1.165, 1.54) is 15.8 Å². The van der Waals surface area contributed by atoms with Crippen LogP contribution in [-0.4, -0.2) is 85.2 Å². The van der Waals surface area contributed by atoms with E-state index in [1.54, 1.807) is 18.3 Å². The van der Waals surface area contributed by atoms with Gasteiger partial charge in [0.15, 0.2) is 5.60 Å². The maximum Gasteiger partial charge on any atom is 0.255 e. The van der Waals surface area contributed by atoms with Gasteiger partial charge in [0, 0.05) is 110 Å². The highest BCUT2D eigenvalue weighted by molar-refractivity contribution is 6.08. The van der Waals surface area contributed by atoms with Crippen LogP contribution in [0.3, 0.4) is 0 Å². The van der Waals surface area contributed by atoms with Crippen LogP contribution in [0.15, 0.2) is 91.5 Å². The molecule has 13 heteroatoms. The van der Waals surface area contributed by atoms with Crippen LogP contribution in [0.5, 0.6) is 11.6 Å². The number of carbonyl (C=O) groups excluding carboxylic acids is 3. The Hall–Kier alpha value is -6.78. The summed E-state index contributed by atoms with van der Waals surface area (Å²) in [6, 6.07) is 21.3. The Bertz CT molecular complexity index is 2790. The molecule has 1 aliphatic carbocycles. The molecule has 1 unspecified atom stereocenters. The van der Waals surface area contributed by atoms with E-state index in [4.69, 9.17) is 14.2 Å². The number of hydrogen-bond donors (Lipinski definition) is 1. The molecule has 1 saturated carbocycles. The topological polar surface area (TPSA) is 141 Å². The molecule has 3 amide bonds. The SMILES string of the molecule is Cn1c2ccncc2c2ccc(-c3ccc(OC4CC(OC5CCN(c6ccnc(C#CC(C)(C)Oc7ccc8c(c7)CN(C7CCC(=O)NC7=O)C8=O)c6)CC5)C4)nc3)cc21. The van der Waals surface area contributed by atoms with Gasteiger partial charge in [0.2, 0.25) is 17.7 Å². The van der Waals surface area contributed by atoms with Crippen LogP contribution in [-0.2, 0) is 27.9 Å². The summed E-state index contributed by atoms with van der Waals surface area (Å²) < 4.78 is 21.2. The molecule has 7 heterocycles. The number of aryl methyl sites for hydroxylation is 1. The second kappa shape index (κ2) is 15.9. The number of nitrogens with zero attached hydrogens (tertiary/aromatic N) is 6. The summed E-state index contributed by atoms with van der Waals surface area (Å²) in [6.07, 6.45) is 12.1. The van der Waals surface area contributed by atoms with E-state index in [1.807, 2.05) is 62.8 Å². The van der Waals surface area contributed by atoms with Crippen molar-refractivity contribution in [2.75, 3.05) is 18.0 Å². The zero-order chi connectivity index (χ0) is 42.5. The number of anilines is 1. The lowest BCUT2D eigenvalue weighted by Gasteiger charge is -2.40. The predicted octanol–water partition coefficient (Wildman–Crippen LogP) is 6.75. The fraction of sp³-hybridized carbons (Fsp3) is 0.347. The number of nitrogens with one attached hydrogen (secondary N) is 1. The van der Waals surface area contributed by atoms with E-state index >= 15 is 0 Å². The summed E-state index contributed by atoms with van der Waals surface area (Å²) >= 11 is 0. The molecule has 6 aromatic rings. The summed E-state index contributed by atoms with van der Waals surface area (Å²) in [6.45, 7) is 5.82. The van der Waals surface area contributed by atoms with Gasteiger partial charge in [-0.25, -0.2) is 9.97 Å². The number of pyridine rings is 3. The van der Waals surface area contributed by atoms with Crippen LogP contribution in [0.25, 0.3) is 32.9 Å². The minimum absolute atomic E-state index is 0.0998. The Morgan fingerprint density at radius 2 is 1.65 bits per heavy atom. The third-order valence-corrected chi connectivity index (χ3v) is 12.5. The van der Waals surface area contributed by atoms with Crippen molar-refractivity contribution in [3.8, 4) is 34.6 Å². The summed E-state index contributed by atoms with van der Waals surface area (Å²) in [4.78, 5) is 54.5. The van der Waals surface area contributed by atoms with Crippen LogP contribution in [0, 0.1) is 11.8 Å². The first-order valence-corrected chi connectivity index (χ1v) is 21.3. The predicted molar refractivity (Wildman–Crippen MR) is 234 cm³/mol. The van der Waals surface area contributed by atoms with Crippen molar-refractivity contribution in [3.63, 3.8) is 0 Å². The first-order valence-electron chi connectivity index (χ1n) is 21.3. The van der Waals surface area contributed by atoms with Crippen molar-refractivity contribution < 1.29 is 28.6 Å². The first-order chi connectivity index (χ1) is 30.0. The van der Waals surface area contributed by atoms with Crippen LogP contribution in [0.2, 0.25) is 0 Å². The van der Waals surface area contributed by atoms with E-state index in [2.05, 4.69) is 72.9 Å². The molecule has 13 nitrogen and oxygen atoms in total. The third kappa shape index (κ3) is 7.82. The minimum atomic E-state index is -0.854. The Labute approximate surface area is 359 Å². The molecule has 2 saturated heterocycles. The number of carbonyl (C=O) groups is 3. The zero-order valence-electron chi connectivity index (χ0n) is 35.0. The standard InChI is InChI=1S/C49H47N7O6/c1-49(2,62-36-6-8-39-32(22-36)29-56(48(39)59)43-9-10-45(57)53-47(43)58)17-12-33-24-34(13-19-51-33)55-20-15-35(16-21-55)60-37-25-38(26-37)61-46-11-5-31(27-52-46)30-4-7-40-41-28-50-18-14-42(41)54(3)44(40)23-30/h4-8,11,13-14,18-19,22-24,27-28,35,37-38,43H,9-10,15-16,20-21,25-26,29H2,1-3H3,(H,53,57,58). The molecule has 0 radical (unpaired) electrons. The largest absolute Gasteiger partial charge is 0.475 e. The molecular weight excluding hydrogens is 783 g/mol. The molecule has 0 spiro atoms. The van der Waals surface area contributed by atoms with Gasteiger partial charge in [0.25, 0.3) is 5.91 Å². The molecular formula is C49H47N7O6. The summed E-state index contributed by atoms with van der Waals surface area (Å²) in [7, 11) is 2.09. The molecule has 3 fully saturated rings. The van der Waals surface area contributed by atoms with Gasteiger partial charge in [-0.05, 0) is 105 Å². The summed E-state index contributed by atoms with van der Waals surface area (Å²) in [5, 5.41) is 4.69. The van der Waals surface area contributed by atoms with Gasteiger partial charge in [-0.3, -0.25) is 24.7 Å². The van der Waals surface area contributed by atoms with Gasteiger partial charge in [-0.15, -0.1) is 0 Å². The average Bonchev–Trinajstić information content (AvgIpc) is 3.74. The van der Waals surface area contributed by atoms with Crippen molar-refractivity contribution in [2.45, 2.75) is 88.9 Å². The van der Waals surface area contributed by atoms with Gasteiger partial charge in [-0.1, -0.05) is 12.1 Å². The van der Waals surface area contributed by atoms with Gasteiger partial charge in [0.1, 0.15) is 23.6 Å². The van der Waals surface area contributed by atoms with E-state index < -0.39 is 17.6 Å². The van der Waals surface area contributed by atoms with Gasteiger partial charge in [-0.2, -0.15) is 0 Å². The van der Waals surface area contributed by atoms with Crippen molar-refractivity contribution in [2.24, 2.45) is 7.05 Å². The fourth-order valence-electron chi connectivity index (χ4n) is 9.11. The molecule has 1 atom stereocenters. The number of amides is 3. The molecule has 1 N–H and O–H groups in total. The number of aromatic nitrogens is 4. The molecule has 0 bridgehead atoms. The maximum atomic E-state index is 13.1. The van der Waals surface area contributed by atoms with Gasteiger partial charge < -0.3 is 28.6 Å². The summed E-state index contributed by atoms with van der Waals surface area (Å²) in [5.41, 5.74) is 6.67. The first kappa shape index (κ1) is 39.4. The Kier molecular flexibility index (Phi) is 10.1. The second-order valence-corrected chi connectivity index (χ2v) is 17.2. The van der Waals surface area contributed by atoms with E-state index in [0.29, 0.717) is 29.3 Å². The van der Waals surface area contributed by atoms with Crippen LogP contribution < -0.4 is 19.7 Å². The molecule has 4 aliphatic rings. The van der Waals surface area contributed by atoms with Crippen molar-refractivity contribution in [3.05, 3.63) is 108 Å². The Morgan fingerprint density at radius 3 is 2.45 bits per heavy atom. The lowest BCUT2D eigenvalue weighted by Crippen LogP contribution is -2.52. The van der Waals surface area contributed by atoms with Crippen molar-refractivity contribution in [1.82, 2.24) is 29.7 Å². The minimum Gasteiger partial charge on any atom is -0.475 e. The van der Waals surface area contributed by atoms with E-state index in [9.17, 15) is 14.4 Å². The Balaban J connectivity index is 0.681. The van der Waals surface area contributed by atoms with E-state index in [0.717, 1.165) is 72.1 Å². The summed E-state index contributed by atoms with van der Waals surface area (Å²) in [5.74, 6) is 6.69. The van der Waals surface area contributed by atoms with Gasteiger partial charge in [0.05, 0.1) is 17.7 Å².